The third-order valence-electron chi connectivity index (χ3n) is 4.62. The molecule has 7 heteroatoms. The molecule has 3 aromatic carbocycles. The fraction of sp³-hybridized carbons (Fsp3) is 0.0417. The Hall–Kier alpha value is -3.48. The Morgan fingerprint density at radius 1 is 0.968 bits per heavy atom. The van der Waals surface area contributed by atoms with Gasteiger partial charge in [0, 0.05) is 10.6 Å². The topological polar surface area (TPSA) is 58.6 Å². The van der Waals surface area contributed by atoms with E-state index < -0.39 is 11.8 Å². The first-order chi connectivity index (χ1) is 15.0. The molecule has 1 saturated heterocycles. The molecule has 1 aliphatic heterocycles. The Morgan fingerprint density at radius 3 is 2.48 bits per heavy atom. The van der Waals surface area contributed by atoms with Crippen molar-refractivity contribution in [2.45, 2.75) is 6.61 Å². The molecule has 0 aromatic heterocycles. The second kappa shape index (κ2) is 9.12. The SMILES string of the molecule is O=C1NC(=S)N(c2ccccc2)C(=O)/C1=C/c1ccccc1OCc1cccc(Cl)c1. The van der Waals surface area contributed by atoms with Crippen LogP contribution in [-0.4, -0.2) is 16.9 Å². The van der Waals surface area contributed by atoms with Crippen LogP contribution in [-0.2, 0) is 16.2 Å². The van der Waals surface area contributed by atoms with Crippen LogP contribution in [0.3, 0.4) is 0 Å². The second-order valence-corrected chi connectivity index (χ2v) is 7.57. The second-order valence-electron chi connectivity index (χ2n) is 6.75. The van der Waals surface area contributed by atoms with E-state index in [0.717, 1.165) is 5.56 Å². The zero-order valence-corrected chi connectivity index (χ0v) is 17.8. The van der Waals surface area contributed by atoms with Gasteiger partial charge >= 0.3 is 0 Å². The Balaban J connectivity index is 1.63. The number of nitrogens with one attached hydrogen (secondary N) is 1. The van der Waals surface area contributed by atoms with Crippen molar-refractivity contribution in [2.24, 2.45) is 0 Å². The van der Waals surface area contributed by atoms with Crippen molar-refractivity contribution in [3.05, 3.63) is 101 Å². The van der Waals surface area contributed by atoms with Gasteiger partial charge in [-0.1, -0.05) is 60.1 Å². The molecular weight excluding hydrogens is 432 g/mol. The fourth-order valence-electron chi connectivity index (χ4n) is 3.14. The molecule has 5 nitrogen and oxygen atoms in total. The lowest BCUT2D eigenvalue weighted by Gasteiger charge is -2.28. The van der Waals surface area contributed by atoms with Crippen LogP contribution in [0, 0.1) is 0 Å². The Labute approximate surface area is 189 Å². The molecule has 0 aliphatic carbocycles. The number of hydrogen-bond donors (Lipinski definition) is 1. The minimum absolute atomic E-state index is 0.0312. The van der Waals surface area contributed by atoms with Crippen molar-refractivity contribution in [1.82, 2.24) is 5.32 Å². The summed E-state index contributed by atoms with van der Waals surface area (Å²) in [5.74, 6) is -0.508. The van der Waals surface area contributed by atoms with Gasteiger partial charge in [-0.05, 0) is 54.2 Å². The average molecular weight is 449 g/mol. The monoisotopic (exact) mass is 448 g/mol. The summed E-state index contributed by atoms with van der Waals surface area (Å²) in [5.41, 5.74) is 2.05. The highest BCUT2D eigenvalue weighted by Gasteiger charge is 2.34. The van der Waals surface area contributed by atoms with E-state index in [-0.39, 0.29) is 10.7 Å². The average Bonchev–Trinajstić information content (AvgIpc) is 2.76. The predicted octanol–water partition coefficient (Wildman–Crippen LogP) is 4.75. The minimum atomic E-state index is -0.549. The molecule has 0 unspecified atom stereocenters. The number of ether oxygens (including phenoxy) is 1. The molecule has 1 heterocycles. The number of carbonyl (C=O) groups excluding carboxylic acids is 2. The van der Waals surface area contributed by atoms with Crippen LogP contribution < -0.4 is 15.0 Å². The maximum absolute atomic E-state index is 13.1. The van der Waals surface area contributed by atoms with Crippen LogP contribution in [0.25, 0.3) is 6.08 Å². The van der Waals surface area contributed by atoms with Gasteiger partial charge in [0.05, 0.1) is 5.69 Å². The summed E-state index contributed by atoms with van der Waals surface area (Å²) >= 11 is 11.3. The lowest BCUT2D eigenvalue weighted by molar-refractivity contribution is -0.122. The van der Waals surface area contributed by atoms with Gasteiger partial charge in [-0.2, -0.15) is 0 Å². The summed E-state index contributed by atoms with van der Waals surface area (Å²) in [4.78, 5) is 27.0. The predicted molar refractivity (Wildman–Crippen MR) is 125 cm³/mol. The van der Waals surface area contributed by atoms with Crippen LogP contribution in [0.4, 0.5) is 5.69 Å². The molecule has 2 amide bonds. The molecule has 3 aromatic rings. The minimum Gasteiger partial charge on any atom is -0.488 e. The van der Waals surface area contributed by atoms with Crippen LogP contribution in [0.1, 0.15) is 11.1 Å². The maximum atomic E-state index is 13.1. The number of halogens is 1. The molecule has 1 fully saturated rings. The van der Waals surface area contributed by atoms with E-state index in [1.807, 2.05) is 36.4 Å². The number of nitrogens with zero attached hydrogens (tertiary/aromatic N) is 1. The van der Waals surface area contributed by atoms with Gasteiger partial charge in [0.15, 0.2) is 5.11 Å². The summed E-state index contributed by atoms with van der Waals surface area (Å²) in [5, 5.41) is 3.25. The van der Waals surface area contributed by atoms with Crippen molar-refractivity contribution < 1.29 is 14.3 Å². The number of amides is 2. The molecule has 1 N–H and O–H groups in total. The lowest BCUT2D eigenvalue weighted by atomic mass is 10.1. The van der Waals surface area contributed by atoms with E-state index in [1.165, 1.54) is 11.0 Å². The van der Waals surface area contributed by atoms with Gasteiger partial charge in [0.2, 0.25) is 0 Å². The van der Waals surface area contributed by atoms with Gasteiger partial charge in [0.1, 0.15) is 17.9 Å². The zero-order chi connectivity index (χ0) is 21.8. The summed E-state index contributed by atoms with van der Waals surface area (Å²) in [7, 11) is 0. The van der Waals surface area contributed by atoms with E-state index in [9.17, 15) is 9.59 Å². The number of hydrogen-bond acceptors (Lipinski definition) is 4. The Morgan fingerprint density at radius 2 is 1.71 bits per heavy atom. The number of rotatable bonds is 5. The van der Waals surface area contributed by atoms with Crippen molar-refractivity contribution in [1.29, 1.82) is 0 Å². The molecule has 4 rings (SSSR count). The lowest BCUT2D eigenvalue weighted by Crippen LogP contribution is -2.54. The highest BCUT2D eigenvalue weighted by Crippen LogP contribution is 2.26. The summed E-state index contributed by atoms with van der Waals surface area (Å²) < 4.78 is 5.94. The number of para-hydroxylation sites is 2. The van der Waals surface area contributed by atoms with Crippen molar-refractivity contribution in [2.75, 3.05) is 4.90 Å². The van der Waals surface area contributed by atoms with Gasteiger partial charge < -0.3 is 4.74 Å². The van der Waals surface area contributed by atoms with Gasteiger partial charge in [-0.15, -0.1) is 0 Å². The highest BCUT2D eigenvalue weighted by atomic mass is 35.5. The van der Waals surface area contributed by atoms with Gasteiger partial charge in [0.25, 0.3) is 11.8 Å². The summed E-state index contributed by atoms with van der Waals surface area (Å²) in [6.07, 6.45) is 1.52. The Bertz CT molecular complexity index is 1190. The highest BCUT2D eigenvalue weighted by molar-refractivity contribution is 7.80. The molecule has 0 bridgehead atoms. The van der Waals surface area contributed by atoms with Crippen LogP contribution in [0.2, 0.25) is 5.02 Å². The standard InChI is InChI=1S/C24H17ClN2O3S/c25-18-9-6-7-16(13-18)15-30-21-12-5-4-8-17(21)14-20-22(28)26-24(31)27(23(20)29)19-10-2-1-3-11-19/h1-14H,15H2,(H,26,28,31)/b20-14+. The third kappa shape index (κ3) is 4.66. The number of benzene rings is 3. The van der Waals surface area contributed by atoms with E-state index in [0.29, 0.717) is 28.6 Å². The first-order valence-electron chi connectivity index (χ1n) is 9.46. The normalized spacial score (nSPS) is 15.2. The molecule has 0 saturated carbocycles. The largest absolute Gasteiger partial charge is 0.488 e. The Kier molecular flexibility index (Phi) is 6.11. The first-order valence-corrected chi connectivity index (χ1v) is 10.2. The van der Waals surface area contributed by atoms with Crippen LogP contribution in [0.5, 0.6) is 5.75 Å². The number of carbonyl (C=O) groups is 2. The van der Waals surface area contributed by atoms with E-state index >= 15 is 0 Å². The van der Waals surface area contributed by atoms with Gasteiger partial charge in [-0.3, -0.25) is 19.8 Å². The molecule has 31 heavy (non-hydrogen) atoms. The maximum Gasteiger partial charge on any atom is 0.270 e. The molecule has 0 spiro atoms. The molecular formula is C24H17ClN2O3S. The van der Waals surface area contributed by atoms with Crippen molar-refractivity contribution >= 4 is 52.5 Å². The van der Waals surface area contributed by atoms with Crippen LogP contribution in [0.15, 0.2) is 84.4 Å². The van der Waals surface area contributed by atoms with Gasteiger partial charge in [-0.25, -0.2) is 0 Å². The summed E-state index contributed by atoms with van der Waals surface area (Å²) in [6, 6.07) is 23.5. The number of thiocarbonyl (C=S) groups is 1. The van der Waals surface area contributed by atoms with E-state index in [2.05, 4.69) is 5.32 Å². The quantitative estimate of drug-likeness (QED) is 0.347. The van der Waals surface area contributed by atoms with E-state index in [4.69, 9.17) is 28.6 Å². The molecule has 0 atom stereocenters. The zero-order valence-electron chi connectivity index (χ0n) is 16.2. The first kappa shape index (κ1) is 20.8. The fourth-order valence-corrected chi connectivity index (χ4v) is 3.64. The van der Waals surface area contributed by atoms with Crippen molar-refractivity contribution in [3.63, 3.8) is 0 Å². The number of anilines is 1. The molecule has 1 aliphatic rings. The smallest absolute Gasteiger partial charge is 0.270 e. The molecule has 154 valence electrons. The van der Waals surface area contributed by atoms with E-state index in [1.54, 1.807) is 42.5 Å². The molecule has 0 radical (unpaired) electrons. The van der Waals surface area contributed by atoms with Crippen molar-refractivity contribution in [3.8, 4) is 5.75 Å². The summed E-state index contributed by atoms with van der Waals surface area (Å²) in [6.45, 7) is 0.293. The third-order valence-corrected chi connectivity index (χ3v) is 5.14. The van der Waals surface area contributed by atoms with Crippen LogP contribution >= 0.6 is 23.8 Å².